The highest BCUT2D eigenvalue weighted by molar-refractivity contribution is 6.36. The number of nitrogens with zero attached hydrogens (tertiary/aromatic N) is 4. The van der Waals surface area contributed by atoms with Crippen molar-refractivity contribution < 1.29 is 0 Å². The monoisotopic (exact) mass is 1060 g/mol. The van der Waals surface area contributed by atoms with Gasteiger partial charge in [0.2, 0.25) is 0 Å². The Morgan fingerprint density at radius 2 is 0.976 bits per heavy atom. The lowest BCUT2D eigenvalue weighted by Gasteiger charge is -2.28. The molecule has 0 saturated heterocycles. The van der Waals surface area contributed by atoms with Gasteiger partial charge in [0.05, 0.1) is 50.5 Å². The van der Waals surface area contributed by atoms with Crippen molar-refractivity contribution in [3.8, 4) is 73.5 Å². The summed E-state index contributed by atoms with van der Waals surface area (Å²) in [7, 11) is 0. The Morgan fingerprint density at radius 3 is 1.61 bits per heavy atom. The van der Waals surface area contributed by atoms with Crippen LogP contribution in [0.15, 0.2) is 206 Å². The molecular formula is C79H60N4. The van der Waals surface area contributed by atoms with Gasteiger partial charge in [-0.25, -0.2) is 0 Å². The second-order valence-corrected chi connectivity index (χ2v) is 25.7. The van der Waals surface area contributed by atoms with Gasteiger partial charge in [-0.1, -0.05) is 224 Å². The van der Waals surface area contributed by atoms with Gasteiger partial charge in [-0.2, -0.15) is 10.5 Å². The summed E-state index contributed by atoms with van der Waals surface area (Å²) in [5.41, 5.74) is 23.4. The quantitative estimate of drug-likeness (QED) is 0.172. The van der Waals surface area contributed by atoms with Crippen LogP contribution in [0.4, 0.5) is 0 Å². The smallest absolute Gasteiger partial charge is 0.101 e. The Hall–Kier alpha value is -9.74. The Morgan fingerprint density at radius 1 is 0.410 bits per heavy atom. The van der Waals surface area contributed by atoms with E-state index in [-0.39, 0.29) is 16.2 Å². The molecule has 0 radical (unpaired) electrons. The first-order valence-electron chi connectivity index (χ1n) is 29.5. The maximum atomic E-state index is 12.0. The van der Waals surface area contributed by atoms with Gasteiger partial charge in [0.25, 0.3) is 0 Å². The summed E-state index contributed by atoms with van der Waals surface area (Å²) in [4.78, 5) is 0. The average Bonchev–Trinajstić information content (AvgIpc) is 1.60. The SMILES string of the molecule is CC(C)(C)c1ccc2c(c1)-c1c(c(C#N)cc3c1c1cc(-c4c(-c5ccccc5)cccc4-c4ccccc4)cc4c5c6c7cc(C(C)(C)C)ccc7n(-c7c(-c8ccccc8)ccc8ccccc78)c6c(C#N)cc5n3c14)C21CCCC1. The number of rotatable bonds is 5. The third kappa shape index (κ3) is 6.91. The molecule has 0 bridgehead atoms. The zero-order valence-electron chi connectivity index (χ0n) is 47.7. The van der Waals surface area contributed by atoms with Crippen molar-refractivity contribution in [1.29, 1.82) is 10.5 Å². The molecule has 4 heteroatoms. The minimum atomic E-state index is -0.259. The minimum Gasteiger partial charge on any atom is -0.308 e. The number of benzene rings is 11. The van der Waals surface area contributed by atoms with E-state index in [1.165, 1.54) is 38.8 Å². The predicted molar refractivity (Wildman–Crippen MR) is 346 cm³/mol. The molecule has 4 nitrogen and oxygen atoms in total. The van der Waals surface area contributed by atoms with Gasteiger partial charge in [-0.15, -0.1) is 0 Å². The van der Waals surface area contributed by atoms with Gasteiger partial charge in [0.15, 0.2) is 0 Å². The fourth-order valence-electron chi connectivity index (χ4n) is 15.4. The highest BCUT2D eigenvalue weighted by Gasteiger charge is 2.48. The van der Waals surface area contributed by atoms with E-state index < -0.39 is 0 Å². The molecule has 2 aliphatic carbocycles. The predicted octanol–water partition coefficient (Wildman–Crippen LogP) is 20.9. The highest BCUT2D eigenvalue weighted by Crippen LogP contribution is 2.62. The molecule has 0 amide bonds. The van der Waals surface area contributed by atoms with Crippen molar-refractivity contribution in [2.75, 3.05) is 0 Å². The molecule has 3 aromatic heterocycles. The van der Waals surface area contributed by atoms with Crippen molar-refractivity contribution in [3.63, 3.8) is 0 Å². The van der Waals surface area contributed by atoms with E-state index in [4.69, 9.17) is 0 Å². The normalized spacial score (nSPS) is 14.0. The molecule has 1 spiro atoms. The molecule has 11 aromatic carbocycles. The van der Waals surface area contributed by atoms with Crippen LogP contribution >= 0.6 is 0 Å². The zero-order chi connectivity index (χ0) is 56.3. The molecule has 2 aliphatic rings. The Labute approximate surface area is 484 Å². The first-order chi connectivity index (χ1) is 40.4. The van der Waals surface area contributed by atoms with E-state index in [1.54, 1.807) is 0 Å². The third-order valence-corrected chi connectivity index (χ3v) is 19.1. The van der Waals surface area contributed by atoms with Crippen LogP contribution in [0.25, 0.3) is 132 Å². The summed E-state index contributed by atoms with van der Waals surface area (Å²) >= 11 is 0. The van der Waals surface area contributed by atoms with E-state index in [2.05, 4.69) is 269 Å². The molecule has 3 heterocycles. The summed E-state index contributed by atoms with van der Waals surface area (Å²) in [5.74, 6) is 0. The van der Waals surface area contributed by atoms with Crippen LogP contribution < -0.4 is 0 Å². The van der Waals surface area contributed by atoms with Gasteiger partial charge < -0.3 is 8.97 Å². The van der Waals surface area contributed by atoms with Crippen LogP contribution in [0.5, 0.6) is 0 Å². The Bertz CT molecular complexity index is 5100. The first kappa shape index (κ1) is 49.1. The van der Waals surface area contributed by atoms with Gasteiger partial charge in [-0.05, 0) is 138 Å². The maximum Gasteiger partial charge on any atom is 0.101 e. The van der Waals surface area contributed by atoms with Gasteiger partial charge in [0, 0.05) is 48.7 Å². The van der Waals surface area contributed by atoms with Crippen molar-refractivity contribution >= 4 is 70.7 Å². The van der Waals surface area contributed by atoms with Gasteiger partial charge >= 0.3 is 0 Å². The lowest BCUT2D eigenvalue weighted by Crippen LogP contribution is -2.22. The van der Waals surface area contributed by atoms with E-state index >= 15 is 0 Å². The minimum absolute atomic E-state index is 0.0979. The van der Waals surface area contributed by atoms with Crippen molar-refractivity contribution in [1.82, 2.24) is 8.97 Å². The molecule has 396 valence electrons. The van der Waals surface area contributed by atoms with E-state index in [1.807, 2.05) is 0 Å². The number of fused-ring (bicyclic) bond motifs is 17. The van der Waals surface area contributed by atoms with Crippen LogP contribution in [-0.2, 0) is 16.2 Å². The zero-order valence-corrected chi connectivity index (χ0v) is 47.7. The second kappa shape index (κ2) is 17.6. The van der Waals surface area contributed by atoms with Gasteiger partial charge in [-0.3, -0.25) is 0 Å². The summed E-state index contributed by atoms with van der Waals surface area (Å²) < 4.78 is 4.88. The lowest BCUT2D eigenvalue weighted by atomic mass is 9.74. The van der Waals surface area contributed by atoms with Crippen LogP contribution in [0.1, 0.15) is 101 Å². The van der Waals surface area contributed by atoms with Crippen LogP contribution in [0, 0.1) is 22.7 Å². The topological polar surface area (TPSA) is 56.9 Å². The standard InChI is InChI=1S/C79H60N4/c1-77(2,3)54-32-35-64-60(43-54)71-69-62-39-51(68-56(47-21-10-7-11-22-47)29-20-30-57(68)48-23-12-8-13-24-48)40-63-70-67(82(76(62)63)66(69)41-52(45-80)73(71)79(64)37-18-19-38-79)42-53(46-81)74-72(70)61-44-55(78(4,5)6)33-36-65(61)83(74)75-58-28-17-16-27-50(58)31-34-59(75)49-25-14-9-15-26-49/h7-17,20-36,39-44H,18-19,37-38H2,1-6H3. The van der Waals surface area contributed by atoms with Crippen LogP contribution in [-0.4, -0.2) is 8.97 Å². The van der Waals surface area contributed by atoms with Crippen LogP contribution in [0.2, 0.25) is 0 Å². The highest BCUT2D eigenvalue weighted by atomic mass is 15.0. The summed E-state index contributed by atoms with van der Waals surface area (Å²) in [5, 5.41) is 32.6. The fraction of sp³-hybridized carbons (Fsp3) is 0.165. The Balaban J connectivity index is 1.16. The van der Waals surface area contributed by atoms with E-state index in [0.29, 0.717) is 5.56 Å². The lowest BCUT2D eigenvalue weighted by molar-refractivity contribution is 0.547. The van der Waals surface area contributed by atoms with Crippen molar-refractivity contribution in [2.24, 2.45) is 0 Å². The molecule has 83 heavy (non-hydrogen) atoms. The van der Waals surface area contributed by atoms with Crippen molar-refractivity contribution in [2.45, 2.75) is 83.5 Å². The third-order valence-electron chi connectivity index (χ3n) is 19.1. The molecule has 0 atom stereocenters. The molecule has 1 saturated carbocycles. The van der Waals surface area contributed by atoms with Gasteiger partial charge in [0.1, 0.15) is 6.07 Å². The molecule has 0 N–H and O–H groups in total. The number of nitriles is 2. The molecule has 0 unspecified atom stereocenters. The fourth-order valence-corrected chi connectivity index (χ4v) is 15.4. The molecular weight excluding hydrogens is 1000 g/mol. The van der Waals surface area contributed by atoms with Crippen LogP contribution in [0.3, 0.4) is 0 Å². The van der Waals surface area contributed by atoms with Crippen molar-refractivity contribution in [3.05, 3.63) is 240 Å². The maximum absolute atomic E-state index is 12.0. The summed E-state index contributed by atoms with van der Waals surface area (Å²) in [6.07, 6.45) is 4.26. The van der Waals surface area contributed by atoms with E-state index in [9.17, 15) is 10.5 Å². The number of hydrogen-bond acceptors (Lipinski definition) is 2. The molecule has 16 rings (SSSR count). The summed E-state index contributed by atoms with van der Waals surface area (Å²) in [6, 6.07) is 81.7. The Kier molecular flexibility index (Phi) is 10.4. The molecule has 14 aromatic rings. The second-order valence-electron chi connectivity index (χ2n) is 25.7. The average molecular weight is 1070 g/mol. The molecule has 1 fully saturated rings. The molecule has 0 aliphatic heterocycles. The largest absolute Gasteiger partial charge is 0.308 e. The number of hydrogen-bond donors (Lipinski definition) is 0. The number of aromatic nitrogens is 2. The van der Waals surface area contributed by atoms with E-state index in [0.717, 1.165) is 147 Å². The first-order valence-corrected chi connectivity index (χ1v) is 29.5. The summed E-state index contributed by atoms with van der Waals surface area (Å²) in [6.45, 7) is 13.8.